The third kappa shape index (κ3) is 3.19. The summed E-state index contributed by atoms with van der Waals surface area (Å²) in [6, 6.07) is 4.07. The van der Waals surface area contributed by atoms with Crippen molar-refractivity contribution in [1.82, 2.24) is 0 Å². The number of amides is 1. The molecule has 1 heterocycles. The van der Waals surface area contributed by atoms with Crippen molar-refractivity contribution in [3.63, 3.8) is 0 Å². The predicted molar refractivity (Wildman–Crippen MR) is 67.2 cm³/mol. The number of nitrogens with one attached hydrogen (secondary N) is 1. The first-order valence-electron chi connectivity index (χ1n) is 5.80. The van der Waals surface area contributed by atoms with Gasteiger partial charge >= 0.3 is 0 Å². The number of anilines is 1. The van der Waals surface area contributed by atoms with E-state index >= 15 is 0 Å². The fourth-order valence-electron chi connectivity index (χ4n) is 1.76. The molecule has 0 radical (unpaired) electrons. The van der Waals surface area contributed by atoms with E-state index in [0.717, 1.165) is 0 Å². The monoisotopic (exact) mass is 266 g/mol. The molecule has 1 amide bonds. The Labute approximate surface area is 109 Å². The van der Waals surface area contributed by atoms with Crippen molar-refractivity contribution in [3.05, 3.63) is 28.3 Å². The maximum Gasteiger partial charge on any atom is 0.273 e. The van der Waals surface area contributed by atoms with Crippen LogP contribution < -0.4 is 10.1 Å². The van der Waals surface area contributed by atoms with Crippen LogP contribution in [0.1, 0.15) is 6.42 Å². The first-order valence-corrected chi connectivity index (χ1v) is 5.80. The Kier molecular flexibility index (Phi) is 3.96. The zero-order chi connectivity index (χ0) is 13.8. The third-order valence-corrected chi connectivity index (χ3v) is 2.85. The van der Waals surface area contributed by atoms with E-state index in [1.54, 1.807) is 0 Å². The average Bonchev–Trinajstić information content (AvgIpc) is 2.34. The number of non-ortho nitro benzene ring substituents is 1. The van der Waals surface area contributed by atoms with Gasteiger partial charge in [-0.3, -0.25) is 14.9 Å². The molecular weight excluding hydrogens is 252 g/mol. The molecule has 7 heteroatoms. The highest BCUT2D eigenvalue weighted by Crippen LogP contribution is 2.29. The summed E-state index contributed by atoms with van der Waals surface area (Å²) in [7, 11) is 1.40. The molecule has 1 aromatic rings. The number of nitro groups is 1. The fourth-order valence-corrected chi connectivity index (χ4v) is 1.76. The van der Waals surface area contributed by atoms with E-state index in [1.807, 2.05) is 0 Å². The standard InChI is InChI=1S/C12H14N2O5/c1-18-11-5-9(14(16)17)2-3-10(11)13-12(15)4-8-6-19-7-8/h2-3,5,8H,4,6-7H2,1H3,(H,13,15). The molecule has 1 aliphatic heterocycles. The Balaban J connectivity index is 2.06. The van der Waals surface area contributed by atoms with Crippen LogP contribution in [0.2, 0.25) is 0 Å². The van der Waals surface area contributed by atoms with Crippen molar-refractivity contribution in [2.45, 2.75) is 6.42 Å². The molecule has 1 N–H and O–H groups in total. The van der Waals surface area contributed by atoms with Crippen molar-refractivity contribution in [1.29, 1.82) is 0 Å². The smallest absolute Gasteiger partial charge is 0.273 e. The topological polar surface area (TPSA) is 90.7 Å². The molecule has 1 aliphatic rings. The van der Waals surface area contributed by atoms with Gasteiger partial charge in [0.1, 0.15) is 5.75 Å². The Hall–Kier alpha value is -2.15. The largest absolute Gasteiger partial charge is 0.494 e. The van der Waals surface area contributed by atoms with Gasteiger partial charge < -0.3 is 14.8 Å². The molecule has 0 aliphatic carbocycles. The quantitative estimate of drug-likeness (QED) is 0.645. The van der Waals surface area contributed by atoms with Crippen LogP contribution in [0.25, 0.3) is 0 Å². The molecule has 1 fully saturated rings. The first kappa shape index (κ1) is 13.3. The van der Waals surface area contributed by atoms with Crippen LogP contribution in [-0.2, 0) is 9.53 Å². The highest BCUT2D eigenvalue weighted by molar-refractivity contribution is 5.92. The first-order chi connectivity index (χ1) is 9.10. The van der Waals surface area contributed by atoms with Gasteiger partial charge in [0, 0.05) is 18.4 Å². The SMILES string of the molecule is COc1cc([N+](=O)[O-])ccc1NC(=O)CC1COC1. The fraction of sp³-hybridized carbons (Fsp3) is 0.417. The molecule has 0 bridgehead atoms. The van der Waals surface area contributed by atoms with E-state index in [0.29, 0.717) is 25.3 Å². The average molecular weight is 266 g/mol. The number of carbonyl (C=O) groups is 1. The van der Waals surface area contributed by atoms with Crippen LogP contribution in [0.3, 0.4) is 0 Å². The molecule has 1 aromatic carbocycles. The number of nitrogens with zero attached hydrogens (tertiary/aromatic N) is 1. The lowest BCUT2D eigenvalue weighted by Gasteiger charge is -2.25. The van der Waals surface area contributed by atoms with E-state index in [1.165, 1.54) is 25.3 Å². The van der Waals surface area contributed by atoms with Crippen molar-refractivity contribution < 1.29 is 19.2 Å². The Morgan fingerprint density at radius 1 is 1.58 bits per heavy atom. The van der Waals surface area contributed by atoms with Crippen molar-refractivity contribution in [3.8, 4) is 5.75 Å². The summed E-state index contributed by atoms with van der Waals surface area (Å²) in [6.45, 7) is 1.20. The van der Waals surface area contributed by atoms with E-state index in [2.05, 4.69) is 5.32 Å². The minimum absolute atomic E-state index is 0.0813. The van der Waals surface area contributed by atoms with Gasteiger partial charge in [0.2, 0.25) is 5.91 Å². The summed E-state index contributed by atoms with van der Waals surface area (Å²) in [6.07, 6.45) is 0.375. The maximum absolute atomic E-state index is 11.7. The number of hydrogen-bond donors (Lipinski definition) is 1. The Morgan fingerprint density at radius 3 is 2.84 bits per heavy atom. The molecular formula is C12H14N2O5. The molecule has 0 spiro atoms. The van der Waals surface area contributed by atoms with Gasteiger partial charge in [-0.1, -0.05) is 0 Å². The lowest BCUT2D eigenvalue weighted by Crippen LogP contribution is -2.31. The molecule has 0 saturated carbocycles. The van der Waals surface area contributed by atoms with Gasteiger partial charge in [0.05, 0.1) is 37.0 Å². The number of carbonyl (C=O) groups excluding carboxylic acids is 1. The summed E-state index contributed by atoms with van der Waals surface area (Å²) in [5.41, 5.74) is 0.348. The molecule has 7 nitrogen and oxygen atoms in total. The third-order valence-electron chi connectivity index (χ3n) is 2.85. The number of ether oxygens (including phenoxy) is 2. The van der Waals surface area contributed by atoms with E-state index in [-0.39, 0.29) is 23.3 Å². The van der Waals surface area contributed by atoms with E-state index < -0.39 is 4.92 Å². The number of hydrogen-bond acceptors (Lipinski definition) is 5. The summed E-state index contributed by atoms with van der Waals surface area (Å²) >= 11 is 0. The summed E-state index contributed by atoms with van der Waals surface area (Å²) < 4.78 is 10.0. The van der Waals surface area contributed by atoms with Crippen molar-refractivity contribution in [2.75, 3.05) is 25.6 Å². The summed E-state index contributed by atoms with van der Waals surface area (Å²) in [5, 5.41) is 13.3. The van der Waals surface area contributed by atoms with Gasteiger partial charge in [-0.05, 0) is 6.07 Å². The molecule has 1 saturated heterocycles. The normalized spacial score (nSPS) is 14.6. The van der Waals surface area contributed by atoms with Crippen molar-refractivity contribution in [2.24, 2.45) is 5.92 Å². The Morgan fingerprint density at radius 2 is 2.32 bits per heavy atom. The summed E-state index contributed by atoms with van der Waals surface area (Å²) in [5.74, 6) is 0.372. The van der Waals surface area contributed by atoms with Crippen LogP contribution in [0.4, 0.5) is 11.4 Å². The molecule has 0 atom stereocenters. The van der Waals surface area contributed by atoms with Gasteiger partial charge in [0.25, 0.3) is 5.69 Å². The van der Waals surface area contributed by atoms with Crippen LogP contribution in [0.5, 0.6) is 5.75 Å². The predicted octanol–water partition coefficient (Wildman–Crippen LogP) is 1.58. The number of methoxy groups -OCH3 is 1. The van der Waals surface area contributed by atoms with Gasteiger partial charge in [-0.25, -0.2) is 0 Å². The lowest BCUT2D eigenvalue weighted by molar-refractivity contribution is -0.384. The lowest BCUT2D eigenvalue weighted by atomic mass is 10.0. The second-order valence-electron chi connectivity index (χ2n) is 4.30. The second-order valence-corrected chi connectivity index (χ2v) is 4.30. The number of rotatable bonds is 5. The highest BCUT2D eigenvalue weighted by atomic mass is 16.6. The minimum Gasteiger partial charge on any atom is -0.494 e. The Bertz CT molecular complexity index is 499. The molecule has 102 valence electrons. The van der Waals surface area contributed by atoms with Gasteiger partial charge in [-0.2, -0.15) is 0 Å². The maximum atomic E-state index is 11.7. The van der Waals surface area contributed by atoms with Gasteiger partial charge in [-0.15, -0.1) is 0 Å². The van der Waals surface area contributed by atoms with Crippen LogP contribution in [0, 0.1) is 16.0 Å². The number of nitro benzene ring substituents is 1. The molecule has 2 rings (SSSR count). The van der Waals surface area contributed by atoms with E-state index in [4.69, 9.17) is 9.47 Å². The highest BCUT2D eigenvalue weighted by Gasteiger charge is 2.22. The zero-order valence-corrected chi connectivity index (χ0v) is 10.4. The minimum atomic E-state index is -0.514. The van der Waals surface area contributed by atoms with Crippen LogP contribution >= 0.6 is 0 Å². The van der Waals surface area contributed by atoms with Crippen LogP contribution in [0.15, 0.2) is 18.2 Å². The van der Waals surface area contributed by atoms with E-state index in [9.17, 15) is 14.9 Å². The van der Waals surface area contributed by atoms with Crippen molar-refractivity contribution >= 4 is 17.3 Å². The number of benzene rings is 1. The molecule has 0 aromatic heterocycles. The molecule has 19 heavy (non-hydrogen) atoms. The summed E-state index contributed by atoms with van der Waals surface area (Å²) in [4.78, 5) is 21.9. The molecule has 0 unspecified atom stereocenters. The second kappa shape index (κ2) is 5.66. The van der Waals surface area contributed by atoms with Crippen LogP contribution in [-0.4, -0.2) is 31.2 Å². The zero-order valence-electron chi connectivity index (χ0n) is 10.4. The van der Waals surface area contributed by atoms with Gasteiger partial charge in [0.15, 0.2) is 0 Å².